The van der Waals surface area contributed by atoms with E-state index in [9.17, 15) is 33.2 Å². The molecule has 6 rings (SSSR count). The van der Waals surface area contributed by atoms with Gasteiger partial charge in [-0.2, -0.15) is 9.97 Å². The van der Waals surface area contributed by atoms with Crippen LogP contribution < -0.4 is 33.8 Å². The summed E-state index contributed by atoms with van der Waals surface area (Å²) >= 11 is 5.33. The highest BCUT2D eigenvalue weighted by Gasteiger charge is 2.30. The summed E-state index contributed by atoms with van der Waals surface area (Å²) in [5.74, 6) is -0.931. The number of alkyl halides is 1. The second kappa shape index (κ2) is 27.8. The summed E-state index contributed by atoms with van der Waals surface area (Å²) in [6, 6.07) is 17.5. The van der Waals surface area contributed by atoms with E-state index >= 15 is 0 Å². The summed E-state index contributed by atoms with van der Waals surface area (Å²) in [4.78, 5) is 76.6. The van der Waals surface area contributed by atoms with Gasteiger partial charge in [0.25, 0.3) is 18.6 Å². The molecule has 0 bridgehead atoms. The van der Waals surface area contributed by atoms with Crippen LogP contribution in [-0.4, -0.2) is 106 Å². The molecule has 6 aromatic rings. The van der Waals surface area contributed by atoms with E-state index in [4.69, 9.17) is 46.3 Å². The highest BCUT2D eigenvalue weighted by Crippen LogP contribution is 2.44. The molecule has 4 atom stereocenters. The number of anilines is 2. The Morgan fingerprint density at radius 3 is 1.63 bits per heavy atom. The average molecular weight is 1010 g/mol. The van der Waals surface area contributed by atoms with Crippen LogP contribution in [0, 0.1) is 0 Å². The largest absolute Gasteiger partial charge is 0.465 e. The molecule has 0 fully saturated rings. The number of nitrogens with two attached hydrogens (primary N) is 2. The van der Waals surface area contributed by atoms with Crippen LogP contribution in [0.25, 0.3) is 22.3 Å². The zero-order valence-electron chi connectivity index (χ0n) is 37.8. The van der Waals surface area contributed by atoms with Gasteiger partial charge in [-0.15, -0.1) is 11.6 Å². The van der Waals surface area contributed by atoms with Gasteiger partial charge in [0, 0.05) is 13.1 Å². The van der Waals surface area contributed by atoms with Crippen molar-refractivity contribution in [2.75, 3.05) is 50.6 Å². The van der Waals surface area contributed by atoms with Crippen LogP contribution in [0.3, 0.4) is 0 Å². The number of carbonyl (C=O) groups excluding carboxylic acids is 2. The summed E-state index contributed by atoms with van der Waals surface area (Å²) in [5, 5.41) is 2.21. The Hall–Kier alpha value is -5.85. The summed E-state index contributed by atoms with van der Waals surface area (Å²) in [5.41, 5.74) is 12.8. The maximum Gasteiger partial charge on any atom is 0.353 e. The second-order valence-corrected chi connectivity index (χ2v) is 18.6. The first-order valence-electron chi connectivity index (χ1n) is 20.5. The predicted molar refractivity (Wildman–Crippen MR) is 253 cm³/mol. The Kier molecular flexibility index (Phi) is 23.1. The maximum atomic E-state index is 13.4. The van der Waals surface area contributed by atoms with Gasteiger partial charge in [-0.25, -0.2) is 15.1 Å². The van der Waals surface area contributed by atoms with Crippen molar-refractivity contribution < 1.29 is 51.6 Å². The highest BCUT2D eigenvalue weighted by molar-refractivity contribution is 7.56. The molecule has 4 aromatic heterocycles. The molecule has 0 aliphatic heterocycles. The number of imidazole rings is 2. The van der Waals surface area contributed by atoms with Gasteiger partial charge in [0.05, 0.1) is 52.3 Å². The number of rotatable bonds is 22. The van der Waals surface area contributed by atoms with Crippen molar-refractivity contribution >= 4 is 72.9 Å². The molecule has 0 amide bonds. The molecule has 68 heavy (non-hydrogen) atoms. The van der Waals surface area contributed by atoms with Gasteiger partial charge in [-0.1, -0.05) is 60.7 Å². The van der Waals surface area contributed by atoms with E-state index in [-0.39, 0.29) is 87.5 Å². The molecule has 0 radical (unpaired) electrons. The van der Waals surface area contributed by atoms with E-state index in [1.165, 1.54) is 12.7 Å². The molecule has 11 N–H and O–H groups in total. The fourth-order valence-electron chi connectivity index (χ4n) is 5.48. The quantitative estimate of drug-likeness (QED) is 0.0218. The van der Waals surface area contributed by atoms with Crippen molar-refractivity contribution in [3.8, 4) is 0 Å². The standard InChI is InChI=1S/C20H27N6O6P.C15H18N5O5P.C5H9ClO2.H3N/c1-3-31-19(28)14(2)25-33(29,32-11-15-7-5-4-6-8-15)13-30-10-9-26-12-22-16-17(26)23-20(21)24-18(16)27;16-15-18-13-12(14(21)19-15)17-9-20(13)6-7-24-10-26(22,23)25-8-11-4-2-1-3-5-11;1-3-8-5(7)4(2)6;/h4-8,12,14H,3,9-11,13H2,1-2H3,(H,25,29)(H3,21,23,24,27);1-5,9H,6-8,10H2,(H,22,23)(H3,16,18,19,21);4H,3H2,1-2H3;1H3/t14-,33?;;4-;/m1.1./s1. The minimum Gasteiger partial charge on any atom is -0.465 e. The third-order valence-corrected chi connectivity index (χ3v) is 11.7. The molecule has 0 saturated heterocycles. The molecule has 25 nitrogen and oxygen atoms in total. The molecule has 0 aliphatic carbocycles. The lowest BCUT2D eigenvalue weighted by atomic mass is 10.2. The maximum absolute atomic E-state index is 13.4. The van der Waals surface area contributed by atoms with Crippen LogP contribution in [0.4, 0.5) is 11.9 Å². The number of hydrogen-bond donors (Lipinski definition) is 7. The number of fused-ring (bicyclic) bond motifs is 2. The van der Waals surface area contributed by atoms with Gasteiger partial charge in [0.15, 0.2) is 22.3 Å². The Balaban J connectivity index is 0.000000312. The Labute approximate surface area is 394 Å². The van der Waals surface area contributed by atoms with Crippen LogP contribution in [0.15, 0.2) is 82.9 Å². The fraction of sp³-hybridized carbons (Fsp3) is 0.400. The molecule has 2 unspecified atom stereocenters. The smallest absolute Gasteiger partial charge is 0.353 e. The van der Waals surface area contributed by atoms with Crippen LogP contribution in [-0.2, 0) is 73.0 Å². The number of H-pyrrole nitrogens is 2. The Morgan fingerprint density at radius 1 is 0.750 bits per heavy atom. The van der Waals surface area contributed by atoms with Gasteiger partial charge < -0.3 is 59.6 Å². The van der Waals surface area contributed by atoms with Gasteiger partial charge in [-0.05, 0) is 38.8 Å². The number of ether oxygens (including phenoxy) is 4. The molecule has 4 heterocycles. The van der Waals surface area contributed by atoms with Gasteiger partial charge in [0.1, 0.15) is 24.1 Å². The normalized spacial score (nSPS) is 13.6. The van der Waals surface area contributed by atoms with Gasteiger partial charge >= 0.3 is 19.5 Å². The average Bonchev–Trinajstić information content (AvgIpc) is 3.90. The lowest BCUT2D eigenvalue weighted by Gasteiger charge is -2.23. The zero-order valence-corrected chi connectivity index (χ0v) is 40.4. The SMILES string of the molecule is CCOC(=O)[C@@H](C)Cl.CCOC(=O)[C@@H](C)NP(=O)(COCCn1cnc2c(=O)[nH]c(N)nc21)OCc1ccccc1.N.Nc1nc2c(ncn2CCOCP(=O)(O)OCc2ccccc2)c(=O)[nH]1. The van der Waals surface area contributed by atoms with Gasteiger partial charge in [0.2, 0.25) is 11.9 Å². The summed E-state index contributed by atoms with van der Waals surface area (Å²) in [7, 11) is -7.44. The molecule has 0 saturated carbocycles. The van der Waals surface area contributed by atoms with Crippen molar-refractivity contribution in [1.29, 1.82) is 0 Å². The molecule has 0 aliphatic rings. The lowest BCUT2D eigenvalue weighted by molar-refractivity contribution is -0.145. The molecule has 28 heteroatoms. The van der Waals surface area contributed by atoms with E-state index in [1.54, 1.807) is 49.0 Å². The zero-order chi connectivity index (χ0) is 49.0. The number of halogens is 1. The number of benzene rings is 2. The molecule has 0 spiro atoms. The first-order valence-corrected chi connectivity index (χ1v) is 24.5. The van der Waals surface area contributed by atoms with E-state index in [1.807, 2.05) is 48.5 Å². The van der Waals surface area contributed by atoms with E-state index in [2.05, 4.69) is 39.7 Å². The number of nitrogens with one attached hydrogen (secondary N) is 3. The predicted octanol–water partition coefficient (Wildman–Crippen LogP) is 4.04. The number of aromatic nitrogens is 8. The van der Waals surface area contributed by atoms with E-state index < -0.39 is 50.0 Å². The molecular formula is C40H57ClN12O13P2. The number of nitrogen functional groups attached to an aromatic ring is 2. The summed E-state index contributed by atoms with van der Waals surface area (Å²) < 4.78 is 59.6. The van der Waals surface area contributed by atoms with Crippen LogP contribution in [0.1, 0.15) is 38.8 Å². The number of nitrogens with zero attached hydrogens (tertiary/aromatic N) is 6. The third kappa shape index (κ3) is 18.3. The minimum atomic E-state index is -3.87. The third-order valence-electron chi connectivity index (χ3n) is 8.66. The number of hydrogen-bond acceptors (Lipinski definition) is 19. The van der Waals surface area contributed by atoms with Crippen LogP contribution in [0.2, 0.25) is 0 Å². The first kappa shape index (κ1) is 56.5. The summed E-state index contributed by atoms with van der Waals surface area (Å²) in [6.07, 6.45) is 2.15. The summed E-state index contributed by atoms with van der Waals surface area (Å²) in [6.45, 7) is 8.05. The van der Waals surface area contributed by atoms with Crippen LogP contribution >= 0.6 is 26.7 Å². The molecule has 372 valence electrons. The second-order valence-electron chi connectivity index (χ2n) is 14.0. The van der Waals surface area contributed by atoms with Crippen molar-refractivity contribution in [1.82, 2.24) is 50.3 Å². The van der Waals surface area contributed by atoms with Crippen molar-refractivity contribution in [3.63, 3.8) is 0 Å². The van der Waals surface area contributed by atoms with E-state index in [0.29, 0.717) is 17.9 Å². The van der Waals surface area contributed by atoms with Gasteiger partial charge in [-0.3, -0.25) is 38.3 Å². The monoisotopic (exact) mass is 1010 g/mol. The minimum absolute atomic E-state index is 0. The number of esters is 2. The fourth-order valence-corrected chi connectivity index (χ4v) is 7.98. The Morgan fingerprint density at radius 2 is 1.19 bits per heavy atom. The first-order chi connectivity index (χ1) is 31.9. The van der Waals surface area contributed by atoms with Crippen LogP contribution in [0.5, 0.6) is 0 Å². The van der Waals surface area contributed by atoms with Crippen molar-refractivity contribution in [2.24, 2.45) is 0 Å². The Bertz CT molecular complexity index is 2720. The molecule has 2 aromatic carbocycles. The topological polar surface area (TPSA) is 370 Å². The highest BCUT2D eigenvalue weighted by atomic mass is 35.5. The number of carbonyl (C=O) groups is 2. The van der Waals surface area contributed by atoms with Crippen molar-refractivity contribution in [3.05, 3.63) is 105 Å². The van der Waals surface area contributed by atoms with Crippen molar-refractivity contribution in [2.45, 2.75) is 65.4 Å². The van der Waals surface area contributed by atoms with E-state index in [0.717, 1.165) is 11.1 Å². The lowest BCUT2D eigenvalue weighted by Crippen LogP contribution is -2.34. The molecular weight excluding hydrogens is 954 g/mol. The number of aromatic amines is 2.